The average molecular weight is 239 g/mol. The molecule has 0 N–H and O–H groups in total. The fourth-order valence-electron chi connectivity index (χ4n) is 1.53. The van der Waals surface area contributed by atoms with Crippen LogP contribution < -0.4 is 9.64 Å². The SMILES string of the molecule is COc1c(C)cc(Cl)cc1N(C)C(C)C#N. The lowest BCUT2D eigenvalue weighted by molar-refractivity contribution is 0.411. The van der Waals surface area contributed by atoms with Gasteiger partial charge in [0.15, 0.2) is 0 Å². The Morgan fingerprint density at radius 1 is 1.50 bits per heavy atom. The monoisotopic (exact) mass is 238 g/mol. The lowest BCUT2D eigenvalue weighted by atomic mass is 10.1. The number of methoxy groups -OCH3 is 1. The molecule has 1 rings (SSSR count). The quantitative estimate of drug-likeness (QED) is 0.812. The Labute approximate surface area is 101 Å². The normalized spacial score (nSPS) is 11.8. The zero-order chi connectivity index (χ0) is 12.3. The zero-order valence-corrected chi connectivity index (χ0v) is 10.7. The van der Waals surface area contributed by atoms with Gasteiger partial charge in [-0.05, 0) is 31.5 Å². The van der Waals surface area contributed by atoms with Gasteiger partial charge in [-0.25, -0.2) is 0 Å². The number of rotatable bonds is 3. The van der Waals surface area contributed by atoms with Crippen molar-refractivity contribution in [2.45, 2.75) is 19.9 Å². The molecule has 3 nitrogen and oxygen atoms in total. The van der Waals surface area contributed by atoms with Gasteiger partial charge in [0.2, 0.25) is 0 Å². The average Bonchev–Trinajstić information content (AvgIpc) is 2.26. The highest BCUT2D eigenvalue weighted by molar-refractivity contribution is 6.31. The molecule has 0 aliphatic heterocycles. The van der Waals surface area contributed by atoms with E-state index in [1.54, 1.807) is 13.2 Å². The number of hydrogen-bond donors (Lipinski definition) is 0. The summed E-state index contributed by atoms with van der Waals surface area (Å²) in [4.78, 5) is 1.84. The molecule has 0 spiro atoms. The standard InChI is InChI=1S/C12H15ClN2O/c1-8-5-10(13)6-11(12(8)16-4)15(3)9(2)7-14/h5-6,9H,1-4H3. The third-order valence-electron chi connectivity index (χ3n) is 2.57. The number of hydrogen-bond acceptors (Lipinski definition) is 3. The van der Waals surface area contributed by atoms with Crippen LogP contribution in [0.3, 0.4) is 0 Å². The first-order valence-corrected chi connectivity index (χ1v) is 5.35. The van der Waals surface area contributed by atoms with Crippen LogP contribution in [0, 0.1) is 18.3 Å². The third kappa shape index (κ3) is 2.40. The molecule has 0 aliphatic carbocycles. The van der Waals surface area contributed by atoms with Crippen molar-refractivity contribution >= 4 is 17.3 Å². The summed E-state index contributed by atoms with van der Waals surface area (Å²) < 4.78 is 5.34. The summed E-state index contributed by atoms with van der Waals surface area (Å²) in [5, 5.41) is 9.55. The molecule has 4 heteroatoms. The Morgan fingerprint density at radius 2 is 2.12 bits per heavy atom. The predicted octanol–water partition coefficient (Wildman–Crippen LogP) is 3.01. The second-order valence-corrected chi connectivity index (χ2v) is 4.13. The Kier molecular flexibility index (Phi) is 4.03. The minimum absolute atomic E-state index is 0.230. The van der Waals surface area contributed by atoms with Gasteiger partial charge < -0.3 is 9.64 Å². The molecule has 0 aromatic heterocycles. The molecular weight excluding hydrogens is 224 g/mol. The van der Waals surface area contributed by atoms with Gasteiger partial charge in [0.1, 0.15) is 11.8 Å². The topological polar surface area (TPSA) is 36.3 Å². The minimum atomic E-state index is -0.230. The van der Waals surface area contributed by atoms with E-state index < -0.39 is 0 Å². The number of anilines is 1. The van der Waals surface area contributed by atoms with Crippen molar-refractivity contribution in [2.24, 2.45) is 0 Å². The van der Waals surface area contributed by atoms with E-state index >= 15 is 0 Å². The molecule has 1 aromatic rings. The molecule has 1 atom stereocenters. The molecule has 1 unspecified atom stereocenters. The van der Waals surface area contributed by atoms with Crippen LogP contribution in [-0.2, 0) is 0 Å². The van der Waals surface area contributed by atoms with E-state index in [9.17, 15) is 0 Å². The first-order valence-electron chi connectivity index (χ1n) is 4.97. The van der Waals surface area contributed by atoms with Gasteiger partial charge in [-0.15, -0.1) is 0 Å². The maximum atomic E-state index is 8.90. The van der Waals surface area contributed by atoms with Crippen LogP contribution >= 0.6 is 11.6 Å². The molecule has 0 bridgehead atoms. The second kappa shape index (κ2) is 5.09. The number of halogens is 1. The Bertz CT molecular complexity index is 426. The van der Waals surface area contributed by atoms with Gasteiger partial charge in [0.05, 0.1) is 18.9 Å². The highest BCUT2D eigenvalue weighted by Gasteiger charge is 2.16. The number of benzene rings is 1. The van der Waals surface area contributed by atoms with E-state index in [4.69, 9.17) is 21.6 Å². The van der Waals surface area contributed by atoms with Crippen LogP contribution in [0.5, 0.6) is 5.75 Å². The minimum Gasteiger partial charge on any atom is -0.494 e. The first-order chi connectivity index (χ1) is 7.51. The van der Waals surface area contributed by atoms with Gasteiger partial charge in [0, 0.05) is 12.1 Å². The molecule has 0 saturated carbocycles. The third-order valence-corrected chi connectivity index (χ3v) is 2.79. The molecule has 0 amide bonds. The highest BCUT2D eigenvalue weighted by atomic mass is 35.5. The molecule has 86 valence electrons. The predicted molar refractivity (Wildman–Crippen MR) is 66.2 cm³/mol. The molecule has 1 aromatic carbocycles. The molecule has 0 heterocycles. The van der Waals surface area contributed by atoms with Crippen LogP contribution in [0.1, 0.15) is 12.5 Å². The largest absolute Gasteiger partial charge is 0.494 e. The van der Waals surface area contributed by atoms with Crippen molar-refractivity contribution in [3.05, 3.63) is 22.7 Å². The Morgan fingerprint density at radius 3 is 2.62 bits per heavy atom. The molecule has 0 saturated heterocycles. The van der Waals surface area contributed by atoms with E-state index in [1.165, 1.54) is 0 Å². The van der Waals surface area contributed by atoms with Crippen molar-refractivity contribution in [1.82, 2.24) is 0 Å². The van der Waals surface area contributed by atoms with Crippen molar-refractivity contribution < 1.29 is 4.74 Å². The van der Waals surface area contributed by atoms with Crippen LogP contribution in [0.25, 0.3) is 0 Å². The van der Waals surface area contributed by atoms with Gasteiger partial charge in [-0.1, -0.05) is 11.6 Å². The summed E-state index contributed by atoms with van der Waals surface area (Å²) in [7, 11) is 3.46. The fraction of sp³-hybridized carbons (Fsp3) is 0.417. The van der Waals surface area contributed by atoms with E-state index in [1.807, 2.05) is 31.9 Å². The van der Waals surface area contributed by atoms with Gasteiger partial charge in [-0.2, -0.15) is 5.26 Å². The van der Waals surface area contributed by atoms with E-state index in [0.29, 0.717) is 5.02 Å². The van der Waals surface area contributed by atoms with Crippen molar-refractivity contribution in [1.29, 1.82) is 5.26 Å². The van der Waals surface area contributed by atoms with Crippen LogP contribution in [0.2, 0.25) is 5.02 Å². The molecule has 16 heavy (non-hydrogen) atoms. The number of ether oxygens (including phenoxy) is 1. The smallest absolute Gasteiger partial charge is 0.145 e. The summed E-state index contributed by atoms with van der Waals surface area (Å²) in [6.07, 6.45) is 0. The van der Waals surface area contributed by atoms with Gasteiger partial charge in [-0.3, -0.25) is 0 Å². The summed E-state index contributed by atoms with van der Waals surface area (Å²) in [6, 6.07) is 5.60. The Hall–Kier alpha value is -1.40. The fourth-order valence-corrected chi connectivity index (χ4v) is 1.80. The van der Waals surface area contributed by atoms with Crippen LogP contribution in [0.4, 0.5) is 5.69 Å². The van der Waals surface area contributed by atoms with Crippen LogP contribution in [-0.4, -0.2) is 20.2 Å². The zero-order valence-electron chi connectivity index (χ0n) is 9.91. The molecule has 0 aliphatic rings. The summed E-state index contributed by atoms with van der Waals surface area (Å²) in [5.41, 5.74) is 1.79. The van der Waals surface area contributed by atoms with E-state index in [-0.39, 0.29) is 6.04 Å². The number of nitriles is 1. The summed E-state index contributed by atoms with van der Waals surface area (Å²) in [5.74, 6) is 0.758. The van der Waals surface area contributed by atoms with Crippen molar-refractivity contribution in [3.8, 4) is 11.8 Å². The maximum absolute atomic E-state index is 8.90. The summed E-state index contributed by atoms with van der Waals surface area (Å²) >= 11 is 6.01. The van der Waals surface area contributed by atoms with E-state index in [2.05, 4.69) is 6.07 Å². The second-order valence-electron chi connectivity index (χ2n) is 3.69. The highest BCUT2D eigenvalue weighted by Crippen LogP contribution is 2.34. The Balaban J connectivity index is 3.27. The first kappa shape index (κ1) is 12.7. The molecule has 0 fully saturated rings. The van der Waals surface area contributed by atoms with Crippen molar-refractivity contribution in [2.75, 3.05) is 19.1 Å². The van der Waals surface area contributed by atoms with Crippen LogP contribution in [0.15, 0.2) is 12.1 Å². The lowest BCUT2D eigenvalue weighted by Crippen LogP contribution is -2.27. The summed E-state index contributed by atoms with van der Waals surface area (Å²) in [6.45, 7) is 3.76. The number of nitrogens with zero attached hydrogens (tertiary/aromatic N) is 2. The van der Waals surface area contributed by atoms with E-state index in [0.717, 1.165) is 17.0 Å². The molecule has 0 radical (unpaired) electrons. The number of aryl methyl sites for hydroxylation is 1. The lowest BCUT2D eigenvalue weighted by Gasteiger charge is -2.25. The maximum Gasteiger partial charge on any atom is 0.145 e. The molecular formula is C12H15ClN2O. The van der Waals surface area contributed by atoms with Gasteiger partial charge >= 0.3 is 0 Å². The van der Waals surface area contributed by atoms with Gasteiger partial charge in [0.25, 0.3) is 0 Å². The van der Waals surface area contributed by atoms with Crippen molar-refractivity contribution in [3.63, 3.8) is 0 Å².